The molecule has 1 amide bonds. The minimum Gasteiger partial charge on any atom is -0.497 e. The van der Waals surface area contributed by atoms with Crippen molar-refractivity contribution in [3.63, 3.8) is 0 Å². The van der Waals surface area contributed by atoms with E-state index in [0.717, 1.165) is 5.56 Å². The molecule has 2 aromatic rings. The average molecular weight is 380 g/mol. The molecule has 1 aromatic heterocycles. The van der Waals surface area contributed by atoms with Gasteiger partial charge in [0, 0.05) is 5.56 Å². The van der Waals surface area contributed by atoms with Crippen LogP contribution in [-0.4, -0.2) is 46.6 Å². The Bertz CT molecular complexity index is 872. The Morgan fingerprint density at radius 1 is 1.27 bits per heavy atom. The Kier molecular flexibility index (Phi) is 5.70. The van der Waals surface area contributed by atoms with Crippen LogP contribution in [0.5, 0.6) is 5.75 Å². The smallest absolute Gasteiger partial charge is 0.247 e. The number of amides is 1. The molecule has 0 aliphatic rings. The number of nitrogens with zero attached hydrogens (tertiary/aromatic N) is 2. The summed E-state index contributed by atoms with van der Waals surface area (Å²) in [5.74, 6) is 0.591. The van der Waals surface area contributed by atoms with E-state index in [2.05, 4.69) is 20.5 Å². The van der Waals surface area contributed by atoms with Gasteiger partial charge in [0.05, 0.1) is 12.4 Å². The fourth-order valence-corrected chi connectivity index (χ4v) is 4.06. The molecule has 2 rings (SSSR count). The third kappa shape index (κ3) is 3.72. The van der Waals surface area contributed by atoms with Crippen molar-refractivity contribution in [3.05, 3.63) is 24.3 Å². The van der Waals surface area contributed by atoms with E-state index in [9.17, 15) is 13.2 Å². The zero-order valence-corrected chi connectivity index (χ0v) is 16.3. The number of sulfone groups is 1. The van der Waals surface area contributed by atoms with Gasteiger partial charge < -0.3 is 9.72 Å². The van der Waals surface area contributed by atoms with Crippen LogP contribution in [-0.2, 0) is 14.6 Å². The number of methoxy groups -OCH3 is 1. The molecule has 0 unspecified atom stereocenters. The van der Waals surface area contributed by atoms with Crippen molar-refractivity contribution in [1.29, 1.82) is 0 Å². The van der Waals surface area contributed by atoms with Gasteiger partial charge in [-0.3, -0.25) is 10.1 Å². The van der Waals surface area contributed by atoms with Gasteiger partial charge in [0.1, 0.15) is 10.5 Å². The summed E-state index contributed by atoms with van der Waals surface area (Å²) >= 11 is 0. The molecule has 2 N–H and O–H groups in total. The topological polar surface area (TPSA) is 114 Å². The molecule has 0 fully saturated rings. The minimum absolute atomic E-state index is 0.0910. The van der Waals surface area contributed by atoms with Crippen molar-refractivity contribution < 1.29 is 17.9 Å². The molecule has 142 valence electrons. The molecule has 1 atom stereocenters. The van der Waals surface area contributed by atoms with Gasteiger partial charge in [-0.2, -0.15) is 0 Å². The molecule has 0 bridgehead atoms. The van der Waals surface area contributed by atoms with Crippen LogP contribution < -0.4 is 10.1 Å². The number of hydrogen-bond acceptors (Lipinski definition) is 6. The van der Waals surface area contributed by atoms with E-state index < -0.39 is 25.7 Å². The number of hydrogen-bond donors (Lipinski definition) is 2. The Balaban J connectivity index is 2.18. The minimum atomic E-state index is -3.65. The molecule has 9 heteroatoms. The Hall–Kier alpha value is -2.42. The lowest BCUT2D eigenvalue weighted by molar-refractivity contribution is -0.117. The highest BCUT2D eigenvalue weighted by Gasteiger charge is 2.44. The van der Waals surface area contributed by atoms with E-state index in [-0.39, 0.29) is 5.95 Å². The number of nitrogens with one attached hydrogen (secondary N) is 2. The van der Waals surface area contributed by atoms with Gasteiger partial charge >= 0.3 is 0 Å². The summed E-state index contributed by atoms with van der Waals surface area (Å²) in [6, 6.07) is 7.14. The second-order valence-electron chi connectivity index (χ2n) is 6.48. The highest BCUT2D eigenvalue weighted by atomic mass is 32.2. The highest BCUT2D eigenvalue weighted by Crippen LogP contribution is 2.25. The van der Waals surface area contributed by atoms with Crippen molar-refractivity contribution in [2.45, 2.75) is 44.1 Å². The molecule has 0 radical (unpaired) electrons. The third-order valence-corrected chi connectivity index (χ3v) is 7.45. The largest absolute Gasteiger partial charge is 0.497 e. The van der Waals surface area contributed by atoms with Gasteiger partial charge in [0.2, 0.25) is 11.9 Å². The predicted octanol–water partition coefficient (Wildman–Crippen LogP) is 2.41. The normalized spacial score (nSPS) is 13.3. The summed E-state index contributed by atoms with van der Waals surface area (Å²) in [5, 5.41) is 9.74. The molecular formula is C17H24N4O4S. The molecule has 0 spiro atoms. The zero-order chi connectivity index (χ0) is 19.5. The number of anilines is 1. The number of H-pyrrole nitrogens is 1. The first-order chi connectivity index (χ1) is 12.1. The van der Waals surface area contributed by atoms with E-state index in [1.54, 1.807) is 45.2 Å². The fraction of sp³-hybridized carbons (Fsp3) is 0.471. The third-order valence-electron chi connectivity index (χ3n) is 4.44. The van der Waals surface area contributed by atoms with Gasteiger partial charge in [-0.25, -0.2) is 8.42 Å². The lowest BCUT2D eigenvalue weighted by Gasteiger charge is -2.26. The number of rotatable bonds is 7. The number of aromatic amines is 1. The first-order valence-electron chi connectivity index (χ1n) is 8.25. The molecule has 1 heterocycles. The van der Waals surface area contributed by atoms with Gasteiger partial charge in [-0.1, -0.05) is 6.92 Å². The van der Waals surface area contributed by atoms with E-state index in [1.807, 2.05) is 0 Å². The summed E-state index contributed by atoms with van der Waals surface area (Å²) in [7, 11) is -2.07. The van der Waals surface area contributed by atoms with Crippen molar-refractivity contribution in [2.75, 3.05) is 12.4 Å². The monoisotopic (exact) mass is 380 g/mol. The fourth-order valence-electron chi connectivity index (χ4n) is 2.31. The molecule has 0 saturated carbocycles. The van der Waals surface area contributed by atoms with Gasteiger partial charge in [0.25, 0.3) is 0 Å². The lowest BCUT2D eigenvalue weighted by Crippen LogP contribution is -2.48. The van der Waals surface area contributed by atoms with E-state index in [4.69, 9.17) is 4.74 Å². The molecule has 8 nitrogen and oxygen atoms in total. The van der Waals surface area contributed by atoms with Crippen LogP contribution >= 0.6 is 0 Å². The standard InChI is InChI=1S/C17H24N4O4S/c1-6-11(2)26(23,24)17(3,4)15(22)19-16-18-14(20-21-16)12-7-9-13(25-5)10-8-12/h7-11H,6H2,1-5H3,(H2,18,19,20,21,22)/t11-/m0/s1. The number of carbonyl (C=O) groups excluding carboxylic acids is 1. The second kappa shape index (κ2) is 7.45. The average Bonchev–Trinajstić information content (AvgIpc) is 3.09. The first kappa shape index (κ1) is 19.9. The zero-order valence-electron chi connectivity index (χ0n) is 15.5. The van der Waals surface area contributed by atoms with Crippen molar-refractivity contribution in [2.24, 2.45) is 0 Å². The number of aromatic nitrogens is 3. The van der Waals surface area contributed by atoms with Crippen LogP contribution in [0.2, 0.25) is 0 Å². The Labute approximate surface area is 153 Å². The molecular weight excluding hydrogens is 356 g/mol. The van der Waals surface area contributed by atoms with Crippen LogP contribution in [0.4, 0.5) is 5.95 Å². The maximum Gasteiger partial charge on any atom is 0.247 e. The first-order valence-corrected chi connectivity index (χ1v) is 9.80. The second-order valence-corrected chi connectivity index (χ2v) is 9.39. The maximum absolute atomic E-state index is 12.6. The van der Waals surface area contributed by atoms with Crippen LogP contribution in [0.15, 0.2) is 24.3 Å². The van der Waals surface area contributed by atoms with Crippen LogP contribution in [0.3, 0.4) is 0 Å². The summed E-state index contributed by atoms with van der Waals surface area (Å²) in [6.45, 7) is 6.16. The number of carbonyl (C=O) groups is 1. The molecule has 0 aliphatic carbocycles. The Morgan fingerprint density at radius 3 is 2.42 bits per heavy atom. The van der Waals surface area contributed by atoms with Crippen molar-refractivity contribution >= 4 is 21.7 Å². The van der Waals surface area contributed by atoms with Crippen LogP contribution in [0, 0.1) is 0 Å². The van der Waals surface area contributed by atoms with E-state index in [1.165, 1.54) is 13.8 Å². The Morgan fingerprint density at radius 2 is 1.88 bits per heavy atom. The molecule has 0 saturated heterocycles. The van der Waals surface area contributed by atoms with E-state index >= 15 is 0 Å². The number of ether oxygens (including phenoxy) is 1. The summed E-state index contributed by atoms with van der Waals surface area (Å²) in [4.78, 5) is 15.4. The van der Waals surface area contributed by atoms with E-state index in [0.29, 0.717) is 18.0 Å². The predicted molar refractivity (Wildman–Crippen MR) is 99.8 cm³/mol. The quantitative estimate of drug-likeness (QED) is 0.762. The van der Waals surface area contributed by atoms with Gasteiger partial charge in [-0.15, -0.1) is 10.2 Å². The molecule has 1 aromatic carbocycles. The van der Waals surface area contributed by atoms with Gasteiger partial charge in [-0.05, 0) is 51.5 Å². The van der Waals surface area contributed by atoms with Crippen LogP contribution in [0.25, 0.3) is 11.4 Å². The maximum atomic E-state index is 12.6. The van der Waals surface area contributed by atoms with Crippen molar-refractivity contribution in [3.8, 4) is 17.1 Å². The molecule has 26 heavy (non-hydrogen) atoms. The summed E-state index contributed by atoms with van der Waals surface area (Å²) in [6.07, 6.45) is 0.434. The summed E-state index contributed by atoms with van der Waals surface area (Å²) in [5.41, 5.74) is 0.755. The number of benzene rings is 1. The van der Waals surface area contributed by atoms with Crippen LogP contribution in [0.1, 0.15) is 34.1 Å². The lowest BCUT2D eigenvalue weighted by atomic mass is 10.2. The summed E-state index contributed by atoms with van der Waals surface area (Å²) < 4.78 is 28.7. The SMILES string of the molecule is CC[C@H](C)S(=O)(=O)C(C)(C)C(=O)Nc1nnc(-c2ccc(OC)cc2)[nH]1. The van der Waals surface area contributed by atoms with Crippen molar-refractivity contribution in [1.82, 2.24) is 15.2 Å². The highest BCUT2D eigenvalue weighted by molar-refractivity contribution is 7.94. The van der Waals surface area contributed by atoms with Gasteiger partial charge in [0.15, 0.2) is 15.7 Å². The molecule has 0 aliphatic heterocycles.